The Balaban J connectivity index is 1.40. The number of anilines is 1. The third-order valence-electron chi connectivity index (χ3n) is 6.79. The lowest BCUT2D eigenvalue weighted by Gasteiger charge is -2.40. The van der Waals surface area contributed by atoms with E-state index in [9.17, 15) is 0 Å². The molecule has 3 aromatic carbocycles. The fourth-order valence-electron chi connectivity index (χ4n) is 5.22. The number of rotatable bonds is 4. The minimum Gasteiger partial charge on any atom is -0.497 e. The summed E-state index contributed by atoms with van der Waals surface area (Å²) < 4.78 is 17.3. The van der Waals surface area contributed by atoms with Gasteiger partial charge in [0.05, 0.1) is 19.2 Å². The van der Waals surface area contributed by atoms with Gasteiger partial charge in [0.25, 0.3) is 0 Å². The Hall–Kier alpha value is -2.93. The van der Waals surface area contributed by atoms with Gasteiger partial charge in [-0.15, -0.1) is 0 Å². The number of hydrogen-bond donors (Lipinski definition) is 2. The summed E-state index contributed by atoms with van der Waals surface area (Å²) in [6.45, 7) is 2.82. The number of halogens is 1. The molecule has 33 heavy (non-hydrogen) atoms. The number of hydrogen-bond acceptors (Lipinski definition) is 6. The first-order chi connectivity index (χ1) is 16.2. The van der Waals surface area contributed by atoms with E-state index in [4.69, 9.17) is 25.8 Å². The summed E-state index contributed by atoms with van der Waals surface area (Å²) in [5.41, 5.74) is 11.9. The minimum atomic E-state index is 0.165. The van der Waals surface area contributed by atoms with Crippen LogP contribution in [-0.2, 0) is 6.54 Å². The molecule has 3 heterocycles. The molecule has 0 amide bonds. The highest BCUT2D eigenvalue weighted by Crippen LogP contribution is 2.49. The van der Waals surface area contributed by atoms with Gasteiger partial charge < -0.3 is 19.1 Å². The van der Waals surface area contributed by atoms with E-state index in [1.807, 2.05) is 24.3 Å². The summed E-state index contributed by atoms with van der Waals surface area (Å²) in [5.74, 6) is 2.83. The van der Waals surface area contributed by atoms with Crippen LogP contribution in [-0.4, -0.2) is 26.9 Å². The average Bonchev–Trinajstić information content (AvgIpc) is 3.27. The SMILES string of the molecule is COc1cccc(CN2CC3C(c4ccc(Cl)cc4)NNC3c3cc4c(cc32)OCCO4)c1. The van der Waals surface area contributed by atoms with Crippen molar-refractivity contribution in [2.24, 2.45) is 5.92 Å². The van der Waals surface area contributed by atoms with Crippen molar-refractivity contribution >= 4 is 17.3 Å². The lowest BCUT2D eigenvalue weighted by molar-refractivity contribution is 0.171. The molecule has 0 radical (unpaired) electrons. The van der Waals surface area contributed by atoms with Crippen molar-refractivity contribution < 1.29 is 14.2 Å². The second-order valence-corrected chi connectivity index (χ2v) is 9.18. The van der Waals surface area contributed by atoms with Crippen molar-refractivity contribution in [2.75, 3.05) is 31.8 Å². The van der Waals surface area contributed by atoms with Crippen LogP contribution in [0.1, 0.15) is 28.8 Å². The topological polar surface area (TPSA) is 55.0 Å². The summed E-state index contributed by atoms with van der Waals surface area (Å²) in [4.78, 5) is 2.45. The van der Waals surface area contributed by atoms with Gasteiger partial charge in [0, 0.05) is 35.8 Å². The Morgan fingerprint density at radius 1 is 0.970 bits per heavy atom. The Kier molecular flexibility index (Phi) is 5.29. The van der Waals surface area contributed by atoms with Gasteiger partial charge in [-0.25, -0.2) is 10.9 Å². The quantitative estimate of drug-likeness (QED) is 0.587. The highest BCUT2D eigenvalue weighted by molar-refractivity contribution is 6.30. The largest absolute Gasteiger partial charge is 0.497 e. The maximum absolute atomic E-state index is 6.15. The van der Waals surface area contributed by atoms with Gasteiger partial charge in [-0.3, -0.25) is 0 Å². The second kappa shape index (κ2) is 8.45. The third-order valence-corrected chi connectivity index (χ3v) is 7.04. The standard InChI is InChI=1S/C26H26ClN3O3/c1-31-19-4-2-3-16(11-19)14-30-15-21-25(17-5-7-18(27)8-6-17)28-29-26(21)20-12-23-24(13-22(20)30)33-10-9-32-23/h2-8,11-13,21,25-26,28-29H,9-10,14-15H2,1H3. The molecular weight excluding hydrogens is 438 g/mol. The van der Waals surface area contributed by atoms with Gasteiger partial charge in [0.1, 0.15) is 19.0 Å². The predicted molar refractivity (Wildman–Crippen MR) is 128 cm³/mol. The van der Waals surface area contributed by atoms with Crippen LogP contribution in [0.4, 0.5) is 5.69 Å². The molecule has 3 aliphatic rings. The van der Waals surface area contributed by atoms with E-state index in [2.05, 4.69) is 52.1 Å². The van der Waals surface area contributed by atoms with Crippen LogP contribution < -0.4 is 30.0 Å². The molecule has 3 atom stereocenters. The Labute approximate surface area is 198 Å². The number of ether oxygens (including phenoxy) is 3. The predicted octanol–water partition coefficient (Wildman–Crippen LogP) is 4.65. The van der Waals surface area contributed by atoms with Gasteiger partial charge in [0.2, 0.25) is 0 Å². The Bertz CT molecular complexity index is 1170. The molecule has 3 aliphatic heterocycles. The number of fused-ring (bicyclic) bond motifs is 4. The molecule has 2 N–H and O–H groups in total. The molecule has 7 heteroatoms. The Morgan fingerprint density at radius 3 is 2.52 bits per heavy atom. The Morgan fingerprint density at radius 2 is 1.73 bits per heavy atom. The van der Waals surface area contributed by atoms with E-state index in [-0.39, 0.29) is 12.1 Å². The van der Waals surface area contributed by atoms with Crippen LogP contribution in [0.25, 0.3) is 0 Å². The van der Waals surface area contributed by atoms with Crippen LogP contribution in [0.5, 0.6) is 17.2 Å². The summed E-state index contributed by atoms with van der Waals surface area (Å²) in [6, 6.07) is 21.0. The van der Waals surface area contributed by atoms with E-state index >= 15 is 0 Å². The van der Waals surface area contributed by atoms with Gasteiger partial charge in [-0.2, -0.15) is 0 Å². The molecule has 6 rings (SSSR count). The minimum absolute atomic E-state index is 0.165. The molecule has 0 aliphatic carbocycles. The van der Waals surface area contributed by atoms with Crippen LogP contribution in [0, 0.1) is 5.92 Å². The van der Waals surface area contributed by atoms with Gasteiger partial charge in [0.15, 0.2) is 11.5 Å². The maximum Gasteiger partial charge on any atom is 0.163 e. The van der Waals surface area contributed by atoms with Crippen molar-refractivity contribution in [1.29, 1.82) is 0 Å². The fourth-order valence-corrected chi connectivity index (χ4v) is 5.34. The lowest BCUT2D eigenvalue weighted by atomic mass is 9.81. The molecule has 1 fully saturated rings. The highest BCUT2D eigenvalue weighted by atomic mass is 35.5. The number of methoxy groups -OCH3 is 1. The van der Waals surface area contributed by atoms with Crippen LogP contribution in [0.15, 0.2) is 60.7 Å². The van der Waals surface area contributed by atoms with Crippen LogP contribution in [0.2, 0.25) is 5.02 Å². The smallest absolute Gasteiger partial charge is 0.163 e. The van der Waals surface area contributed by atoms with Gasteiger partial charge in [-0.05, 0) is 47.0 Å². The van der Waals surface area contributed by atoms with Gasteiger partial charge >= 0.3 is 0 Å². The monoisotopic (exact) mass is 463 g/mol. The molecule has 3 aromatic rings. The fraction of sp³-hybridized carbons (Fsp3) is 0.308. The van der Waals surface area contributed by atoms with E-state index in [1.165, 1.54) is 22.4 Å². The lowest BCUT2D eigenvalue weighted by Crippen LogP contribution is -2.39. The van der Waals surface area contributed by atoms with E-state index in [1.54, 1.807) is 7.11 Å². The first-order valence-corrected chi connectivity index (χ1v) is 11.7. The zero-order chi connectivity index (χ0) is 22.4. The van der Waals surface area contributed by atoms with E-state index < -0.39 is 0 Å². The van der Waals surface area contributed by atoms with Crippen molar-refractivity contribution in [3.05, 3.63) is 82.4 Å². The van der Waals surface area contributed by atoms with Crippen LogP contribution in [0.3, 0.4) is 0 Å². The highest BCUT2D eigenvalue weighted by Gasteiger charge is 2.44. The van der Waals surface area contributed by atoms with Crippen molar-refractivity contribution in [3.63, 3.8) is 0 Å². The summed E-state index contributed by atoms with van der Waals surface area (Å²) >= 11 is 6.15. The first-order valence-electron chi connectivity index (χ1n) is 11.3. The summed E-state index contributed by atoms with van der Waals surface area (Å²) in [7, 11) is 1.70. The molecule has 1 saturated heterocycles. The zero-order valence-electron chi connectivity index (χ0n) is 18.4. The average molecular weight is 464 g/mol. The molecule has 6 nitrogen and oxygen atoms in total. The summed E-state index contributed by atoms with van der Waals surface area (Å²) in [5, 5.41) is 0.749. The maximum atomic E-state index is 6.15. The molecule has 3 unspecified atom stereocenters. The van der Waals surface area contributed by atoms with Gasteiger partial charge in [-0.1, -0.05) is 35.9 Å². The number of benzene rings is 3. The van der Waals surface area contributed by atoms with Crippen molar-refractivity contribution in [3.8, 4) is 17.2 Å². The van der Waals surface area contributed by atoms with E-state index in [0.29, 0.717) is 19.1 Å². The number of nitrogens with one attached hydrogen (secondary N) is 2. The molecule has 0 saturated carbocycles. The van der Waals surface area contributed by atoms with Crippen LogP contribution >= 0.6 is 11.6 Å². The molecule has 170 valence electrons. The second-order valence-electron chi connectivity index (χ2n) is 8.75. The normalized spacial score (nSPS) is 23.1. The molecule has 0 bridgehead atoms. The van der Waals surface area contributed by atoms with E-state index in [0.717, 1.165) is 35.4 Å². The number of hydrazine groups is 1. The van der Waals surface area contributed by atoms with Crippen molar-refractivity contribution in [2.45, 2.75) is 18.6 Å². The molecular formula is C26H26ClN3O3. The third kappa shape index (κ3) is 3.78. The molecule has 0 aromatic heterocycles. The summed E-state index contributed by atoms with van der Waals surface area (Å²) in [6.07, 6.45) is 0. The van der Waals surface area contributed by atoms with Crippen molar-refractivity contribution in [1.82, 2.24) is 10.9 Å². The molecule has 0 spiro atoms. The zero-order valence-corrected chi connectivity index (χ0v) is 19.1. The first kappa shape index (κ1) is 20.7. The number of nitrogens with zero attached hydrogens (tertiary/aromatic N) is 1.